The highest BCUT2D eigenvalue weighted by atomic mass is 35.5. The van der Waals surface area contributed by atoms with Crippen LogP contribution < -0.4 is 14.8 Å². The summed E-state index contributed by atoms with van der Waals surface area (Å²) in [6, 6.07) is 13.4. The summed E-state index contributed by atoms with van der Waals surface area (Å²) in [6.07, 6.45) is 2.10. The van der Waals surface area contributed by atoms with Crippen LogP contribution in [-0.2, 0) is 19.7 Å². The molecule has 0 unspecified atom stereocenters. The summed E-state index contributed by atoms with van der Waals surface area (Å²) in [7, 11) is 1.63. The first-order chi connectivity index (χ1) is 13.7. The van der Waals surface area contributed by atoms with Gasteiger partial charge in [-0.05, 0) is 29.0 Å². The van der Waals surface area contributed by atoms with Gasteiger partial charge in [0.05, 0.1) is 7.11 Å². The lowest BCUT2D eigenvalue weighted by atomic mass is 10.1. The largest absolute Gasteiger partial charge is 0.493 e. The van der Waals surface area contributed by atoms with Crippen LogP contribution in [0.3, 0.4) is 0 Å². The van der Waals surface area contributed by atoms with E-state index in [1.807, 2.05) is 42.5 Å². The zero-order valence-electron chi connectivity index (χ0n) is 16.1. The van der Waals surface area contributed by atoms with Gasteiger partial charge in [0.1, 0.15) is 6.61 Å². The zero-order valence-corrected chi connectivity index (χ0v) is 16.8. The van der Waals surface area contributed by atoms with Gasteiger partial charge >= 0.3 is 0 Å². The van der Waals surface area contributed by atoms with Crippen LogP contribution in [0.5, 0.6) is 11.5 Å². The van der Waals surface area contributed by atoms with E-state index in [-0.39, 0.29) is 0 Å². The Hall–Kier alpha value is -2.80. The van der Waals surface area contributed by atoms with Gasteiger partial charge in [-0.3, -0.25) is 0 Å². The Morgan fingerprint density at radius 2 is 1.93 bits per heavy atom. The normalized spacial score (nSPS) is 10.7. The summed E-state index contributed by atoms with van der Waals surface area (Å²) in [4.78, 5) is 0. The first-order valence-corrected chi connectivity index (χ1v) is 9.62. The van der Waals surface area contributed by atoms with Gasteiger partial charge in [-0.2, -0.15) is 0 Å². The van der Waals surface area contributed by atoms with Crippen LogP contribution in [0.2, 0.25) is 5.02 Å². The smallest absolute Gasteiger partial charge is 0.243 e. The number of tetrazole rings is 1. The molecule has 0 aliphatic heterocycles. The number of aromatic nitrogens is 4. The highest BCUT2D eigenvalue weighted by molar-refractivity contribution is 6.31. The highest BCUT2D eigenvalue weighted by Gasteiger charge is 2.13. The average Bonchev–Trinajstić information content (AvgIpc) is 3.17. The lowest BCUT2D eigenvalue weighted by molar-refractivity contribution is 0.282. The molecule has 0 atom stereocenters. The number of nitrogens with zero attached hydrogens (tertiary/aromatic N) is 4. The molecule has 0 amide bonds. The van der Waals surface area contributed by atoms with Crippen LogP contribution in [-0.4, -0.2) is 27.3 Å². The third kappa shape index (κ3) is 4.92. The summed E-state index contributed by atoms with van der Waals surface area (Å²) in [5.41, 5.74) is 1.86. The van der Waals surface area contributed by atoms with Crippen LogP contribution in [0.4, 0.5) is 5.95 Å². The molecular weight excluding hydrogens is 378 g/mol. The van der Waals surface area contributed by atoms with E-state index < -0.39 is 0 Å². The molecule has 0 aliphatic carbocycles. The average molecular weight is 402 g/mol. The first kappa shape index (κ1) is 19.9. The Bertz CT molecular complexity index is 900. The monoisotopic (exact) mass is 401 g/mol. The predicted octanol–water partition coefficient (Wildman–Crippen LogP) is 4.33. The maximum Gasteiger partial charge on any atom is 0.243 e. The fraction of sp³-hybridized carbons (Fsp3) is 0.350. The molecule has 8 heteroatoms. The summed E-state index contributed by atoms with van der Waals surface area (Å²) in [6.45, 7) is 3.76. The Labute approximate surface area is 169 Å². The molecule has 0 aliphatic rings. The number of benzene rings is 2. The SMILES string of the molecule is CCCCn1nnnc1NCc1cccc(OC)c1OCc1ccccc1Cl. The minimum atomic E-state index is 0.348. The molecule has 1 N–H and O–H groups in total. The molecule has 2 aromatic carbocycles. The van der Waals surface area contributed by atoms with Crippen molar-refractivity contribution in [2.45, 2.75) is 39.5 Å². The van der Waals surface area contributed by atoms with Crippen molar-refractivity contribution in [3.63, 3.8) is 0 Å². The van der Waals surface area contributed by atoms with E-state index >= 15 is 0 Å². The van der Waals surface area contributed by atoms with Gasteiger partial charge < -0.3 is 14.8 Å². The number of para-hydroxylation sites is 1. The molecule has 1 heterocycles. The van der Waals surface area contributed by atoms with Gasteiger partial charge in [-0.1, -0.05) is 60.4 Å². The second-order valence-corrected chi connectivity index (χ2v) is 6.67. The van der Waals surface area contributed by atoms with Crippen LogP contribution in [0, 0.1) is 0 Å². The van der Waals surface area contributed by atoms with Gasteiger partial charge in [0, 0.05) is 29.2 Å². The second kappa shape index (κ2) is 9.94. The van der Waals surface area contributed by atoms with E-state index in [2.05, 4.69) is 27.8 Å². The number of nitrogens with one attached hydrogen (secondary N) is 1. The number of halogens is 1. The number of hydrogen-bond acceptors (Lipinski definition) is 6. The zero-order chi connectivity index (χ0) is 19.8. The van der Waals surface area contributed by atoms with Crippen molar-refractivity contribution in [2.75, 3.05) is 12.4 Å². The Morgan fingerprint density at radius 1 is 1.11 bits per heavy atom. The molecule has 0 spiro atoms. The number of unbranched alkanes of at least 4 members (excludes halogenated alkanes) is 1. The number of aryl methyl sites for hydroxylation is 1. The molecule has 1 aromatic heterocycles. The summed E-state index contributed by atoms with van der Waals surface area (Å²) in [5.74, 6) is 1.97. The fourth-order valence-corrected chi connectivity index (χ4v) is 2.94. The molecule has 0 bridgehead atoms. The summed E-state index contributed by atoms with van der Waals surface area (Å²) < 4.78 is 13.3. The third-order valence-electron chi connectivity index (χ3n) is 4.30. The molecule has 7 nitrogen and oxygen atoms in total. The summed E-state index contributed by atoms with van der Waals surface area (Å²) in [5, 5.41) is 15.8. The van der Waals surface area contributed by atoms with E-state index in [4.69, 9.17) is 21.1 Å². The van der Waals surface area contributed by atoms with E-state index in [9.17, 15) is 0 Å². The maximum atomic E-state index is 6.24. The van der Waals surface area contributed by atoms with E-state index in [0.29, 0.717) is 35.6 Å². The quantitative estimate of drug-likeness (QED) is 0.545. The van der Waals surface area contributed by atoms with Crippen LogP contribution in [0.25, 0.3) is 0 Å². The van der Waals surface area contributed by atoms with Crippen molar-refractivity contribution in [1.29, 1.82) is 0 Å². The maximum absolute atomic E-state index is 6.24. The Kier molecular flexibility index (Phi) is 7.08. The molecule has 28 heavy (non-hydrogen) atoms. The van der Waals surface area contributed by atoms with E-state index in [0.717, 1.165) is 30.5 Å². The molecule has 0 saturated heterocycles. The van der Waals surface area contributed by atoms with E-state index in [1.165, 1.54) is 0 Å². The van der Waals surface area contributed by atoms with Gasteiger partial charge in [0.2, 0.25) is 5.95 Å². The van der Waals surface area contributed by atoms with Crippen molar-refractivity contribution < 1.29 is 9.47 Å². The molecule has 0 radical (unpaired) electrons. The first-order valence-electron chi connectivity index (χ1n) is 9.25. The van der Waals surface area contributed by atoms with Gasteiger partial charge in [-0.25, -0.2) is 4.68 Å². The van der Waals surface area contributed by atoms with Crippen LogP contribution in [0.1, 0.15) is 30.9 Å². The topological polar surface area (TPSA) is 74.1 Å². The van der Waals surface area contributed by atoms with Gasteiger partial charge in [0.25, 0.3) is 0 Å². The molecule has 0 fully saturated rings. The number of methoxy groups -OCH3 is 1. The van der Waals surface area contributed by atoms with E-state index in [1.54, 1.807) is 11.8 Å². The lowest BCUT2D eigenvalue weighted by Crippen LogP contribution is -2.10. The molecule has 3 aromatic rings. The third-order valence-corrected chi connectivity index (χ3v) is 4.67. The minimum absolute atomic E-state index is 0.348. The Balaban J connectivity index is 1.74. The summed E-state index contributed by atoms with van der Waals surface area (Å²) >= 11 is 6.24. The second-order valence-electron chi connectivity index (χ2n) is 6.26. The Morgan fingerprint density at radius 3 is 2.71 bits per heavy atom. The standard InChI is InChI=1S/C20H24ClN5O2/c1-3-4-12-26-20(23-24-25-26)22-13-15-9-7-11-18(27-2)19(15)28-14-16-8-5-6-10-17(16)21/h5-11H,3-4,12-14H2,1-2H3,(H,22,23,25). The van der Waals surface area contributed by atoms with Gasteiger partial charge in [0.15, 0.2) is 11.5 Å². The molecule has 148 valence electrons. The van der Waals surface area contributed by atoms with Crippen LogP contribution in [0.15, 0.2) is 42.5 Å². The minimum Gasteiger partial charge on any atom is -0.493 e. The van der Waals surface area contributed by atoms with Crippen molar-refractivity contribution in [3.8, 4) is 11.5 Å². The van der Waals surface area contributed by atoms with Gasteiger partial charge in [-0.15, -0.1) is 0 Å². The van der Waals surface area contributed by atoms with Crippen molar-refractivity contribution in [3.05, 3.63) is 58.6 Å². The number of hydrogen-bond donors (Lipinski definition) is 1. The number of ether oxygens (including phenoxy) is 2. The molecular formula is C20H24ClN5O2. The van der Waals surface area contributed by atoms with Crippen LogP contribution >= 0.6 is 11.6 Å². The predicted molar refractivity (Wildman–Crippen MR) is 109 cm³/mol. The van der Waals surface area contributed by atoms with Crippen molar-refractivity contribution >= 4 is 17.5 Å². The highest BCUT2D eigenvalue weighted by Crippen LogP contribution is 2.32. The van der Waals surface area contributed by atoms with Crippen molar-refractivity contribution in [1.82, 2.24) is 20.2 Å². The fourth-order valence-electron chi connectivity index (χ4n) is 2.75. The molecule has 0 saturated carbocycles. The number of anilines is 1. The lowest BCUT2D eigenvalue weighted by Gasteiger charge is -2.16. The van der Waals surface area contributed by atoms with Crippen molar-refractivity contribution in [2.24, 2.45) is 0 Å². The number of rotatable bonds is 10. The molecule has 3 rings (SSSR count).